The Kier molecular flexibility index (Phi) is 5.11. The second-order valence-electron chi connectivity index (χ2n) is 7.18. The number of carbonyl (C=O) groups excluding carboxylic acids is 1. The molecule has 4 nitrogen and oxygen atoms in total. The normalized spacial score (nSPS) is 13.5. The standard InChI is InChI=1S/C24H19N3OS2/c1-16-7-9-18(10-8-16)22(28)15-30-24-21-13-23-20(11-12-29-23)27(21)14-19(25-26-24)17-5-3-2-4-6-17/h2-13H,14-15H2,1H3. The van der Waals surface area contributed by atoms with Gasteiger partial charge in [0.25, 0.3) is 0 Å². The minimum atomic E-state index is 0.0964. The summed E-state index contributed by atoms with van der Waals surface area (Å²) in [6.45, 7) is 2.67. The molecule has 5 rings (SSSR count). The van der Waals surface area contributed by atoms with Gasteiger partial charge in [-0.1, -0.05) is 71.9 Å². The summed E-state index contributed by atoms with van der Waals surface area (Å²) in [5.41, 5.74) is 6.05. The van der Waals surface area contributed by atoms with Crippen LogP contribution < -0.4 is 0 Å². The van der Waals surface area contributed by atoms with E-state index < -0.39 is 0 Å². The van der Waals surface area contributed by atoms with Crippen molar-refractivity contribution in [3.8, 4) is 0 Å². The van der Waals surface area contributed by atoms with Crippen LogP contribution in [0.2, 0.25) is 0 Å². The van der Waals surface area contributed by atoms with E-state index in [-0.39, 0.29) is 5.78 Å². The maximum Gasteiger partial charge on any atom is 0.173 e. The Morgan fingerprint density at radius 1 is 1.07 bits per heavy atom. The molecule has 0 spiro atoms. The SMILES string of the molecule is Cc1ccc(C(=O)CSC2=NN=C(c3ccccc3)Cn3c2cc2sccc23)cc1. The van der Waals surface area contributed by atoms with Gasteiger partial charge in [0.2, 0.25) is 0 Å². The van der Waals surface area contributed by atoms with E-state index in [0.29, 0.717) is 12.3 Å². The van der Waals surface area contributed by atoms with Crippen LogP contribution in [0.1, 0.15) is 27.2 Å². The highest BCUT2D eigenvalue weighted by atomic mass is 32.2. The van der Waals surface area contributed by atoms with Crippen LogP contribution in [0.25, 0.3) is 10.2 Å². The van der Waals surface area contributed by atoms with Gasteiger partial charge in [-0.05, 0) is 30.0 Å². The minimum Gasteiger partial charge on any atom is -0.332 e. The van der Waals surface area contributed by atoms with Gasteiger partial charge in [0, 0.05) is 5.56 Å². The summed E-state index contributed by atoms with van der Waals surface area (Å²) in [5, 5.41) is 12.0. The zero-order valence-electron chi connectivity index (χ0n) is 16.4. The molecule has 0 bridgehead atoms. The fraction of sp³-hybridized carbons (Fsp3) is 0.125. The zero-order chi connectivity index (χ0) is 20.5. The molecule has 0 atom stereocenters. The van der Waals surface area contributed by atoms with Crippen molar-refractivity contribution in [3.63, 3.8) is 0 Å². The first kappa shape index (κ1) is 19.0. The van der Waals surface area contributed by atoms with E-state index >= 15 is 0 Å². The first-order valence-corrected chi connectivity index (χ1v) is 11.6. The third-order valence-electron chi connectivity index (χ3n) is 5.13. The molecule has 0 aliphatic carbocycles. The molecule has 0 N–H and O–H groups in total. The lowest BCUT2D eigenvalue weighted by atomic mass is 10.1. The van der Waals surface area contributed by atoms with Gasteiger partial charge < -0.3 is 4.57 Å². The topological polar surface area (TPSA) is 46.7 Å². The van der Waals surface area contributed by atoms with E-state index in [4.69, 9.17) is 0 Å². The molecule has 30 heavy (non-hydrogen) atoms. The van der Waals surface area contributed by atoms with Crippen LogP contribution in [0.15, 0.2) is 82.3 Å². The molecule has 0 saturated carbocycles. The van der Waals surface area contributed by atoms with Crippen molar-refractivity contribution in [3.05, 3.63) is 94.5 Å². The molecule has 0 saturated heterocycles. The summed E-state index contributed by atoms with van der Waals surface area (Å²) in [4.78, 5) is 12.7. The number of carbonyl (C=O) groups is 1. The lowest BCUT2D eigenvalue weighted by Crippen LogP contribution is -2.13. The van der Waals surface area contributed by atoms with Crippen molar-refractivity contribution in [1.82, 2.24) is 4.57 Å². The molecule has 2 aromatic heterocycles. The summed E-state index contributed by atoms with van der Waals surface area (Å²) in [5.74, 6) is 0.427. The Bertz CT molecular complexity index is 1280. The lowest BCUT2D eigenvalue weighted by molar-refractivity contribution is 0.102. The number of aryl methyl sites for hydroxylation is 1. The van der Waals surface area contributed by atoms with Gasteiger partial charge in [-0.15, -0.1) is 16.4 Å². The number of fused-ring (bicyclic) bond motifs is 3. The predicted molar refractivity (Wildman–Crippen MR) is 127 cm³/mol. The Labute approximate surface area is 183 Å². The summed E-state index contributed by atoms with van der Waals surface area (Å²) in [6, 6.07) is 22.1. The Hall–Kier alpha value is -2.96. The molecule has 0 radical (unpaired) electrons. The second-order valence-corrected chi connectivity index (χ2v) is 9.09. The van der Waals surface area contributed by atoms with E-state index in [1.165, 1.54) is 22.0 Å². The van der Waals surface area contributed by atoms with Crippen molar-refractivity contribution < 1.29 is 4.79 Å². The van der Waals surface area contributed by atoms with Gasteiger partial charge in [0.15, 0.2) is 5.78 Å². The molecule has 6 heteroatoms. The van der Waals surface area contributed by atoms with Gasteiger partial charge in [-0.25, -0.2) is 0 Å². The Balaban J connectivity index is 1.48. The van der Waals surface area contributed by atoms with Crippen LogP contribution in [-0.4, -0.2) is 26.9 Å². The number of benzene rings is 2. The molecular formula is C24H19N3OS2. The number of aromatic nitrogens is 1. The molecule has 148 valence electrons. The number of ketones is 1. The van der Waals surface area contributed by atoms with Gasteiger partial charge in [0.05, 0.1) is 33.9 Å². The van der Waals surface area contributed by atoms with Crippen LogP contribution in [0.5, 0.6) is 0 Å². The monoisotopic (exact) mass is 429 g/mol. The van der Waals surface area contributed by atoms with Crippen LogP contribution in [0.3, 0.4) is 0 Å². The van der Waals surface area contributed by atoms with E-state index in [1.807, 2.05) is 49.4 Å². The Morgan fingerprint density at radius 3 is 2.67 bits per heavy atom. The van der Waals surface area contributed by atoms with Crippen LogP contribution >= 0.6 is 23.1 Å². The van der Waals surface area contributed by atoms with Crippen LogP contribution in [0, 0.1) is 6.92 Å². The number of hydrogen-bond acceptors (Lipinski definition) is 5. The molecule has 0 unspecified atom stereocenters. The second kappa shape index (κ2) is 8.05. The number of hydrogen-bond donors (Lipinski definition) is 0. The van der Waals surface area contributed by atoms with E-state index in [0.717, 1.165) is 33.1 Å². The smallest absolute Gasteiger partial charge is 0.173 e. The first-order valence-electron chi connectivity index (χ1n) is 9.69. The number of thiophene rings is 1. The summed E-state index contributed by atoms with van der Waals surface area (Å²) in [7, 11) is 0. The fourth-order valence-corrected chi connectivity index (χ4v) is 5.17. The molecule has 0 fully saturated rings. The van der Waals surface area contributed by atoms with E-state index in [2.05, 4.69) is 44.4 Å². The molecule has 1 aliphatic rings. The molecule has 2 aromatic carbocycles. The first-order chi connectivity index (χ1) is 14.7. The molecule has 1 aliphatic heterocycles. The van der Waals surface area contributed by atoms with Gasteiger partial charge in [-0.3, -0.25) is 4.79 Å². The highest BCUT2D eigenvalue weighted by molar-refractivity contribution is 8.15. The zero-order valence-corrected chi connectivity index (χ0v) is 18.0. The quantitative estimate of drug-likeness (QED) is 0.385. The highest BCUT2D eigenvalue weighted by Gasteiger charge is 2.21. The third kappa shape index (κ3) is 3.64. The van der Waals surface area contributed by atoms with Crippen molar-refractivity contribution >= 4 is 49.9 Å². The maximum atomic E-state index is 12.7. The minimum absolute atomic E-state index is 0.0964. The van der Waals surface area contributed by atoms with E-state index in [1.54, 1.807) is 11.3 Å². The largest absolute Gasteiger partial charge is 0.332 e. The maximum absolute atomic E-state index is 12.7. The number of Topliss-reactive ketones (excluding diaryl/α,β-unsaturated/α-hetero) is 1. The van der Waals surface area contributed by atoms with Gasteiger partial charge >= 0.3 is 0 Å². The molecule has 4 aromatic rings. The van der Waals surface area contributed by atoms with E-state index in [9.17, 15) is 4.79 Å². The average molecular weight is 430 g/mol. The highest BCUT2D eigenvalue weighted by Crippen LogP contribution is 2.30. The number of rotatable bonds is 4. The average Bonchev–Trinajstić information content (AvgIpc) is 3.31. The van der Waals surface area contributed by atoms with Gasteiger partial charge in [-0.2, -0.15) is 5.10 Å². The van der Waals surface area contributed by atoms with Crippen molar-refractivity contribution in [2.45, 2.75) is 13.5 Å². The summed E-state index contributed by atoms with van der Waals surface area (Å²) in [6.07, 6.45) is 0. The van der Waals surface area contributed by atoms with Crippen molar-refractivity contribution in [2.75, 3.05) is 5.75 Å². The number of nitrogens with zero attached hydrogens (tertiary/aromatic N) is 3. The van der Waals surface area contributed by atoms with Gasteiger partial charge in [0.1, 0.15) is 5.04 Å². The third-order valence-corrected chi connectivity index (χ3v) is 6.96. The van der Waals surface area contributed by atoms with Crippen LogP contribution in [-0.2, 0) is 6.54 Å². The fourth-order valence-electron chi connectivity index (χ4n) is 3.50. The summed E-state index contributed by atoms with van der Waals surface area (Å²) < 4.78 is 3.48. The molecule has 0 amide bonds. The van der Waals surface area contributed by atoms with Crippen molar-refractivity contribution in [2.24, 2.45) is 10.2 Å². The number of thioether (sulfide) groups is 1. The summed E-state index contributed by atoms with van der Waals surface area (Å²) >= 11 is 3.17. The Morgan fingerprint density at radius 2 is 1.87 bits per heavy atom. The lowest BCUT2D eigenvalue weighted by Gasteiger charge is -2.09. The molecular weight excluding hydrogens is 410 g/mol. The van der Waals surface area contributed by atoms with Crippen molar-refractivity contribution in [1.29, 1.82) is 0 Å². The van der Waals surface area contributed by atoms with Crippen LogP contribution in [0.4, 0.5) is 0 Å². The predicted octanol–water partition coefficient (Wildman–Crippen LogP) is 5.79. The molecule has 3 heterocycles.